The van der Waals surface area contributed by atoms with Crippen molar-refractivity contribution in [3.05, 3.63) is 52.5 Å². The number of benzene rings is 2. The van der Waals surface area contributed by atoms with Gasteiger partial charge in [-0.1, -0.05) is 17.7 Å². The van der Waals surface area contributed by atoms with Crippen LogP contribution in [0.2, 0.25) is 5.02 Å². The van der Waals surface area contributed by atoms with Crippen molar-refractivity contribution < 1.29 is 23.0 Å². The predicted octanol–water partition coefficient (Wildman–Crippen LogP) is 3.56. The Morgan fingerprint density at radius 2 is 1.81 bits per heavy atom. The highest BCUT2D eigenvalue weighted by Gasteiger charge is 2.10. The number of nitrogens with zero attached hydrogens (tertiary/aromatic N) is 1. The van der Waals surface area contributed by atoms with Crippen LogP contribution in [-0.2, 0) is 13.1 Å². The molecule has 6 nitrogen and oxygen atoms in total. The number of guanidine groups is 1. The molecule has 9 heteroatoms. The molecule has 0 radical (unpaired) electrons. The van der Waals surface area contributed by atoms with Gasteiger partial charge in [0, 0.05) is 17.1 Å². The molecule has 0 heterocycles. The first-order valence-electron chi connectivity index (χ1n) is 7.91. The Bertz CT molecular complexity index is 803. The van der Waals surface area contributed by atoms with Crippen molar-refractivity contribution >= 4 is 17.6 Å². The van der Waals surface area contributed by atoms with Crippen molar-refractivity contribution in [3.8, 4) is 17.2 Å². The first-order valence-corrected chi connectivity index (χ1v) is 8.28. The maximum atomic E-state index is 12.5. The molecule has 0 saturated carbocycles. The summed E-state index contributed by atoms with van der Waals surface area (Å²) in [5, 5.41) is 3.25. The first-order chi connectivity index (χ1) is 12.9. The molecule has 27 heavy (non-hydrogen) atoms. The minimum Gasteiger partial charge on any atom is -0.493 e. The van der Waals surface area contributed by atoms with Gasteiger partial charge in [-0.3, -0.25) is 0 Å². The second-order valence-electron chi connectivity index (χ2n) is 5.37. The largest absolute Gasteiger partial charge is 0.493 e. The van der Waals surface area contributed by atoms with Crippen LogP contribution in [0.1, 0.15) is 11.1 Å². The monoisotopic (exact) mass is 399 g/mol. The molecular weight excluding hydrogens is 380 g/mol. The summed E-state index contributed by atoms with van der Waals surface area (Å²) in [5.74, 6) is 1.37. The molecule has 0 amide bonds. The number of alkyl halides is 2. The van der Waals surface area contributed by atoms with Gasteiger partial charge < -0.3 is 25.3 Å². The second kappa shape index (κ2) is 9.82. The van der Waals surface area contributed by atoms with Crippen LogP contribution >= 0.6 is 11.6 Å². The smallest absolute Gasteiger partial charge is 0.387 e. The number of hydrogen-bond donors (Lipinski definition) is 2. The Kier molecular flexibility index (Phi) is 7.48. The number of methoxy groups -OCH3 is 2. The number of hydrogen-bond acceptors (Lipinski definition) is 4. The molecule has 0 aliphatic rings. The highest BCUT2D eigenvalue weighted by Crippen LogP contribution is 2.28. The van der Waals surface area contributed by atoms with Crippen LogP contribution in [0.15, 0.2) is 41.4 Å². The number of rotatable bonds is 8. The lowest BCUT2D eigenvalue weighted by atomic mass is 10.2. The highest BCUT2D eigenvalue weighted by atomic mass is 35.5. The lowest BCUT2D eigenvalue weighted by Crippen LogP contribution is -2.31. The zero-order valence-electron chi connectivity index (χ0n) is 14.8. The van der Waals surface area contributed by atoms with Gasteiger partial charge in [0.25, 0.3) is 0 Å². The summed E-state index contributed by atoms with van der Waals surface area (Å²) in [4.78, 5) is 4.22. The third kappa shape index (κ3) is 6.18. The van der Waals surface area contributed by atoms with Gasteiger partial charge in [-0.25, -0.2) is 4.99 Å². The topological polar surface area (TPSA) is 78.1 Å². The molecule has 2 rings (SSSR count). The molecule has 0 aliphatic carbocycles. The summed E-state index contributed by atoms with van der Waals surface area (Å²) < 4.78 is 39.8. The molecular formula is C18H20ClF2N3O3. The number of halogens is 3. The second-order valence-corrected chi connectivity index (χ2v) is 5.81. The SMILES string of the molecule is COc1ccc(CN=C(N)NCc2cc(Cl)ccc2OC(F)F)cc1OC. The molecule has 0 bridgehead atoms. The number of aliphatic imine (C=N–C) groups is 1. The molecule has 2 aromatic carbocycles. The Labute approximate surface area is 160 Å². The zero-order valence-corrected chi connectivity index (χ0v) is 15.6. The zero-order chi connectivity index (χ0) is 19.8. The molecule has 0 aliphatic heterocycles. The van der Waals surface area contributed by atoms with E-state index in [0.717, 1.165) is 5.56 Å². The Hall–Kier alpha value is -2.74. The van der Waals surface area contributed by atoms with E-state index in [-0.39, 0.29) is 18.3 Å². The molecule has 3 N–H and O–H groups in total. The molecule has 0 fully saturated rings. The van der Waals surface area contributed by atoms with Crippen molar-refractivity contribution in [1.29, 1.82) is 0 Å². The third-order valence-corrected chi connectivity index (χ3v) is 3.81. The number of nitrogens with one attached hydrogen (secondary N) is 1. The van der Waals surface area contributed by atoms with Crippen LogP contribution in [0.4, 0.5) is 8.78 Å². The number of nitrogens with two attached hydrogens (primary N) is 1. The highest BCUT2D eigenvalue weighted by molar-refractivity contribution is 6.30. The predicted molar refractivity (Wildman–Crippen MR) is 99.8 cm³/mol. The maximum Gasteiger partial charge on any atom is 0.387 e. The minimum atomic E-state index is -2.93. The third-order valence-electron chi connectivity index (χ3n) is 3.58. The van der Waals surface area contributed by atoms with Gasteiger partial charge in [-0.2, -0.15) is 8.78 Å². The van der Waals surface area contributed by atoms with E-state index in [1.54, 1.807) is 26.4 Å². The molecule has 0 spiro atoms. The van der Waals surface area contributed by atoms with Crippen LogP contribution in [0.5, 0.6) is 17.2 Å². The maximum absolute atomic E-state index is 12.5. The van der Waals surface area contributed by atoms with Gasteiger partial charge >= 0.3 is 6.61 Å². The summed E-state index contributed by atoms with van der Waals surface area (Å²) in [6.07, 6.45) is 0. The van der Waals surface area contributed by atoms with Crippen LogP contribution in [0, 0.1) is 0 Å². The summed E-state index contributed by atoms with van der Waals surface area (Å²) >= 11 is 5.91. The molecule has 2 aromatic rings. The van der Waals surface area contributed by atoms with Gasteiger partial charge in [0.05, 0.1) is 20.8 Å². The van der Waals surface area contributed by atoms with Gasteiger partial charge in [0.2, 0.25) is 0 Å². The van der Waals surface area contributed by atoms with Gasteiger partial charge in [0.15, 0.2) is 17.5 Å². The Morgan fingerprint density at radius 1 is 1.11 bits per heavy atom. The summed E-state index contributed by atoms with van der Waals surface area (Å²) in [6.45, 7) is -2.50. The van der Waals surface area contributed by atoms with Gasteiger partial charge in [0.1, 0.15) is 5.75 Å². The van der Waals surface area contributed by atoms with Crippen LogP contribution in [0.3, 0.4) is 0 Å². The standard InChI is InChI=1S/C18H20ClF2N3O3/c1-25-15-5-3-11(7-16(15)26-2)9-23-18(22)24-10-12-8-13(19)4-6-14(12)27-17(20)21/h3-8,17H,9-10H2,1-2H3,(H3,22,23,24). The fraction of sp³-hybridized carbons (Fsp3) is 0.278. The molecule has 0 atom stereocenters. The molecule has 0 aromatic heterocycles. The fourth-order valence-corrected chi connectivity index (χ4v) is 2.49. The molecule has 0 saturated heterocycles. The summed E-state index contributed by atoms with van der Waals surface area (Å²) in [6, 6.07) is 9.77. The Morgan fingerprint density at radius 3 is 2.48 bits per heavy atom. The van der Waals surface area contributed by atoms with Crippen LogP contribution in [-0.4, -0.2) is 26.8 Å². The lowest BCUT2D eigenvalue weighted by molar-refractivity contribution is -0.0504. The van der Waals surface area contributed by atoms with Crippen molar-refractivity contribution in [2.24, 2.45) is 10.7 Å². The van der Waals surface area contributed by atoms with Crippen LogP contribution < -0.4 is 25.3 Å². The average Bonchev–Trinajstić information content (AvgIpc) is 2.65. The first kappa shape index (κ1) is 20.6. The fourth-order valence-electron chi connectivity index (χ4n) is 2.29. The van der Waals surface area contributed by atoms with E-state index in [9.17, 15) is 8.78 Å². The van der Waals surface area contributed by atoms with Crippen molar-refractivity contribution in [1.82, 2.24) is 5.32 Å². The van der Waals surface area contributed by atoms with E-state index < -0.39 is 6.61 Å². The summed E-state index contributed by atoms with van der Waals surface area (Å²) in [5.41, 5.74) is 7.15. The molecule has 146 valence electrons. The average molecular weight is 400 g/mol. The van der Waals surface area contributed by atoms with E-state index in [4.69, 9.17) is 26.8 Å². The van der Waals surface area contributed by atoms with Crippen molar-refractivity contribution in [2.45, 2.75) is 19.7 Å². The van der Waals surface area contributed by atoms with Gasteiger partial charge in [-0.05, 0) is 35.9 Å². The van der Waals surface area contributed by atoms with E-state index in [2.05, 4.69) is 15.0 Å². The van der Waals surface area contributed by atoms with Crippen LogP contribution in [0.25, 0.3) is 0 Å². The van der Waals surface area contributed by atoms with E-state index >= 15 is 0 Å². The van der Waals surface area contributed by atoms with E-state index in [1.807, 2.05) is 6.07 Å². The minimum absolute atomic E-state index is 0.0228. The van der Waals surface area contributed by atoms with E-state index in [1.165, 1.54) is 18.2 Å². The summed E-state index contributed by atoms with van der Waals surface area (Å²) in [7, 11) is 3.10. The van der Waals surface area contributed by atoms with Crippen molar-refractivity contribution in [2.75, 3.05) is 14.2 Å². The Balaban J connectivity index is 2.01. The number of ether oxygens (including phenoxy) is 3. The lowest BCUT2D eigenvalue weighted by Gasteiger charge is -2.12. The molecule has 0 unspecified atom stereocenters. The van der Waals surface area contributed by atoms with Gasteiger partial charge in [-0.15, -0.1) is 0 Å². The van der Waals surface area contributed by atoms with E-state index in [0.29, 0.717) is 28.6 Å². The van der Waals surface area contributed by atoms with Crippen molar-refractivity contribution in [3.63, 3.8) is 0 Å². The quantitative estimate of drug-likeness (QED) is 0.524. The normalized spacial score (nSPS) is 11.4.